The van der Waals surface area contributed by atoms with Crippen LogP contribution in [0.3, 0.4) is 0 Å². The third-order valence-corrected chi connectivity index (χ3v) is 6.44. The molecule has 0 saturated carbocycles. The second kappa shape index (κ2) is 5.55. The number of hydrogen-bond donors (Lipinski definition) is 0. The molecule has 1 atom stereocenters. The topological polar surface area (TPSA) is 37.4 Å². The maximum absolute atomic E-state index is 12.8. The molecule has 1 aliphatic carbocycles. The largest absolute Gasteiger partial charge is 0.243 e. The molecule has 3 rings (SSSR count). The third-order valence-electron chi connectivity index (χ3n) is 4.03. The lowest BCUT2D eigenvalue weighted by atomic mass is 10.1. The molecule has 0 aliphatic heterocycles. The molecule has 0 spiro atoms. The van der Waals surface area contributed by atoms with Crippen molar-refractivity contribution in [2.24, 2.45) is 0 Å². The highest BCUT2D eigenvalue weighted by atomic mass is 79.9. The van der Waals surface area contributed by atoms with Crippen molar-refractivity contribution in [3.05, 3.63) is 64.1 Å². The van der Waals surface area contributed by atoms with E-state index in [2.05, 4.69) is 22.0 Å². The molecule has 0 bridgehead atoms. The molecule has 1 unspecified atom stereocenters. The molecule has 1 aliphatic rings. The highest BCUT2D eigenvalue weighted by Gasteiger charge is 2.33. The average Bonchev–Trinajstić information content (AvgIpc) is 2.90. The number of rotatable bonds is 3. The molecule has 0 N–H and O–H groups in total. The van der Waals surface area contributed by atoms with Crippen molar-refractivity contribution >= 4 is 26.0 Å². The monoisotopic (exact) mass is 365 g/mol. The zero-order chi connectivity index (χ0) is 15.0. The van der Waals surface area contributed by atoms with Gasteiger partial charge in [0.25, 0.3) is 0 Å². The van der Waals surface area contributed by atoms with Gasteiger partial charge in [-0.2, -0.15) is 4.31 Å². The summed E-state index contributed by atoms with van der Waals surface area (Å²) in [6.45, 7) is 0. The summed E-state index contributed by atoms with van der Waals surface area (Å²) in [6.07, 6.45) is 1.77. The Kier molecular flexibility index (Phi) is 3.90. The third kappa shape index (κ3) is 2.65. The van der Waals surface area contributed by atoms with Crippen LogP contribution in [0, 0.1) is 0 Å². The summed E-state index contributed by atoms with van der Waals surface area (Å²) in [6, 6.07) is 14.8. The molecule has 5 heteroatoms. The summed E-state index contributed by atoms with van der Waals surface area (Å²) in [4.78, 5) is 0.331. The molecule has 3 nitrogen and oxygen atoms in total. The van der Waals surface area contributed by atoms with E-state index in [0.29, 0.717) is 4.90 Å². The molecule has 0 heterocycles. The van der Waals surface area contributed by atoms with Crippen molar-refractivity contribution < 1.29 is 8.42 Å². The van der Waals surface area contributed by atoms with E-state index in [4.69, 9.17) is 0 Å². The summed E-state index contributed by atoms with van der Waals surface area (Å²) >= 11 is 3.33. The predicted molar refractivity (Wildman–Crippen MR) is 86.6 cm³/mol. The van der Waals surface area contributed by atoms with Gasteiger partial charge in [0.15, 0.2) is 0 Å². The van der Waals surface area contributed by atoms with Crippen LogP contribution < -0.4 is 0 Å². The molecule has 0 radical (unpaired) electrons. The lowest BCUT2D eigenvalue weighted by molar-refractivity contribution is 0.374. The molecule has 0 aromatic heterocycles. The Hall–Kier alpha value is -1.17. The first-order valence-electron chi connectivity index (χ1n) is 6.81. The Labute approximate surface area is 133 Å². The molecule has 2 aromatic rings. The number of aryl methyl sites for hydroxylation is 1. The number of benzene rings is 2. The van der Waals surface area contributed by atoms with Gasteiger partial charge in [-0.25, -0.2) is 8.42 Å². The fourth-order valence-corrected chi connectivity index (χ4v) is 4.48. The van der Waals surface area contributed by atoms with E-state index in [-0.39, 0.29) is 6.04 Å². The van der Waals surface area contributed by atoms with Gasteiger partial charge >= 0.3 is 0 Å². The van der Waals surface area contributed by atoms with E-state index in [1.165, 1.54) is 9.87 Å². The minimum Gasteiger partial charge on any atom is -0.207 e. The summed E-state index contributed by atoms with van der Waals surface area (Å²) < 4.78 is 27.9. The summed E-state index contributed by atoms with van der Waals surface area (Å²) in [5.74, 6) is 0. The van der Waals surface area contributed by atoms with Gasteiger partial charge in [-0.1, -0.05) is 40.2 Å². The first-order valence-corrected chi connectivity index (χ1v) is 9.05. The zero-order valence-electron chi connectivity index (χ0n) is 11.7. The summed E-state index contributed by atoms with van der Waals surface area (Å²) in [5.41, 5.74) is 2.38. The molecule has 0 fully saturated rings. The Morgan fingerprint density at radius 3 is 2.48 bits per heavy atom. The molecule has 2 aromatic carbocycles. The van der Waals surface area contributed by atoms with E-state index in [1.54, 1.807) is 31.3 Å². The van der Waals surface area contributed by atoms with Gasteiger partial charge in [0.2, 0.25) is 10.0 Å². The fourth-order valence-electron chi connectivity index (χ4n) is 2.85. The van der Waals surface area contributed by atoms with Crippen LogP contribution in [-0.4, -0.2) is 19.8 Å². The molecule has 0 saturated heterocycles. The fraction of sp³-hybridized carbons (Fsp3) is 0.250. The Balaban J connectivity index is 1.95. The summed E-state index contributed by atoms with van der Waals surface area (Å²) in [5, 5.41) is 0. The Bertz CT molecular complexity index is 756. The van der Waals surface area contributed by atoms with Crippen LogP contribution in [0.4, 0.5) is 0 Å². The highest BCUT2D eigenvalue weighted by Crippen LogP contribution is 2.37. The minimum atomic E-state index is -3.47. The van der Waals surface area contributed by atoms with Gasteiger partial charge in [0.1, 0.15) is 0 Å². The first kappa shape index (κ1) is 14.8. The van der Waals surface area contributed by atoms with Gasteiger partial charge in [0.05, 0.1) is 10.9 Å². The van der Waals surface area contributed by atoms with Gasteiger partial charge in [0, 0.05) is 11.5 Å². The van der Waals surface area contributed by atoms with E-state index in [9.17, 15) is 8.42 Å². The van der Waals surface area contributed by atoms with Crippen LogP contribution in [0.25, 0.3) is 0 Å². The molecular weight excluding hydrogens is 350 g/mol. The number of hydrogen-bond acceptors (Lipinski definition) is 2. The van der Waals surface area contributed by atoms with Crippen molar-refractivity contribution in [1.29, 1.82) is 0 Å². The summed E-state index contributed by atoms with van der Waals surface area (Å²) in [7, 11) is -1.80. The molecule has 21 heavy (non-hydrogen) atoms. The van der Waals surface area contributed by atoms with Crippen LogP contribution in [0.5, 0.6) is 0 Å². The number of sulfonamides is 1. The molecule has 110 valence electrons. The SMILES string of the molecule is CN(C1CCc2ccccc21)S(=O)(=O)c1ccc(Br)cc1. The normalized spacial score (nSPS) is 18.0. The van der Waals surface area contributed by atoms with Gasteiger partial charge in [-0.15, -0.1) is 0 Å². The minimum absolute atomic E-state index is 0.0742. The van der Waals surface area contributed by atoms with Crippen molar-refractivity contribution in [1.82, 2.24) is 4.31 Å². The van der Waals surface area contributed by atoms with E-state index >= 15 is 0 Å². The van der Waals surface area contributed by atoms with Crippen molar-refractivity contribution in [3.8, 4) is 0 Å². The lowest BCUT2D eigenvalue weighted by Gasteiger charge is -2.24. The Morgan fingerprint density at radius 1 is 1.10 bits per heavy atom. The van der Waals surface area contributed by atoms with Crippen molar-refractivity contribution in [2.45, 2.75) is 23.8 Å². The van der Waals surface area contributed by atoms with E-state index in [1.807, 2.05) is 18.2 Å². The van der Waals surface area contributed by atoms with Crippen LogP contribution >= 0.6 is 15.9 Å². The smallest absolute Gasteiger partial charge is 0.207 e. The Morgan fingerprint density at radius 2 is 1.76 bits per heavy atom. The van der Waals surface area contributed by atoms with Gasteiger partial charge in [-0.3, -0.25) is 0 Å². The highest BCUT2D eigenvalue weighted by molar-refractivity contribution is 9.10. The van der Waals surface area contributed by atoms with Crippen LogP contribution in [0.1, 0.15) is 23.6 Å². The quantitative estimate of drug-likeness (QED) is 0.830. The molecule has 0 amide bonds. The van der Waals surface area contributed by atoms with Gasteiger partial charge in [-0.05, 0) is 48.2 Å². The maximum Gasteiger partial charge on any atom is 0.243 e. The maximum atomic E-state index is 12.8. The average molecular weight is 366 g/mol. The second-order valence-electron chi connectivity index (χ2n) is 5.23. The van der Waals surface area contributed by atoms with Crippen LogP contribution in [0.2, 0.25) is 0 Å². The first-order chi connectivity index (χ1) is 10.00. The van der Waals surface area contributed by atoms with Crippen LogP contribution in [0.15, 0.2) is 57.9 Å². The van der Waals surface area contributed by atoms with Gasteiger partial charge < -0.3 is 0 Å². The van der Waals surface area contributed by atoms with Crippen LogP contribution in [-0.2, 0) is 16.4 Å². The van der Waals surface area contributed by atoms with Crippen molar-refractivity contribution in [2.75, 3.05) is 7.05 Å². The second-order valence-corrected chi connectivity index (χ2v) is 8.14. The predicted octanol–water partition coefficient (Wildman–Crippen LogP) is 3.76. The number of fused-ring (bicyclic) bond motifs is 1. The zero-order valence-corrected chi connectivity index (χ0v) is 14.1. The van der Waals surface area contributed by atoms with E-state index in [0.717, 1.165) is 22.9 Å². The number of halogens is 1. The number of nitrogens with zero attached hydrogens (tertiary/aromatic N) is 1. The van der Waals surface area contributed by atoms with E-state index < -0.39 is 10.0 Å². The standard InChI is InChI=1S/C16H16BrNO2S/c1-18(16-11-6-12-4-2-3-5-15(12)16)21(19,20)14-9-7-13(17)8-10-14/h2-5,7-10,16H,6,11H2,1H3. The molecular formula is C16H16BrNO2S. The lowest BCUT2D eigenvalue weighted by Crippen LogP contribution is -2.30. The van der Waals surface area contributed by atoms with Crippen molar-refractivity contribution in [3.63, 3.8) is 0 Å².